The molecule has 12 heteroatoms. The van der Waals surface area contributed by atoms with Gasteiger partial charge in [-0.15, -0.1) is 0 Å². The number of carbonyl (C=O) groups is 2. The zero-order valence-corrected chi connectivity index (χ0v) is 22.8. The molecule has 1 heterocycles. The van der Waals surface area contributed by atoms with Crippen LogP contribution in [-0.2, 0) is 20.9 Å². The van der Waals surface area contributed by atoms with Crippen LogP contribution < -0.4 is 4.74 Å². The average Bonchev–Trinajstić information content (AvgIpc) is 3.13. The molecule has 3 aromatic rings. The fraction of sp³-hybridized carbons (Fsp3) is 0.231. The molecule has 0 spiro atoms. The Morgan fingerprint density at radius 3 is 2.37 bits per heavy atom. The van der Waals surface area contributed by atoms with Crippen LogP contribution in [0.1, 0.15) is 29.8 Å². The highest BCUT2D eigenvalue weighted by atomic mass is 35.5. The molecule has 0 atom stereocenters. The summed E-state index contributed by atoms with van der Waals surface area (Å²) in [5.74, 6) is -0.322. The van der Waals surface area contributed by atoms with Crippen molar-refractivity contribution in [3.8, 4) is 11.5 Å². The fourth-order valence-corrected chi connectivity index (χ4v) is 3.93. The number of esters is 1. The summed E-state index contributed by atoms with van der Waals surface area (Å²) >= 11 is 17.8. The van der Waals surface area contributed by atoms with E-state index in [4.69, 9.17) is 44.4 Å². The minimum atomic E-state index is -0.834. The van der Waals surface area contributed by atoms with Gasteiger partial charge in [-0.05, 0) is 49.7 Å². The molecule has 0 saturated carbocycles. The first-order chi connectivity index (χ1) is 17.9. The van der Waals surface area contributed by atoms with Crippen LogP contribution in [0.4, 0.5) is 5.69 Å². The van der Waals surface area contributed by atoms with Crippen LogP contribution in [0.5, 0.6) is 11.5 Å². The molecule has 1 amide bonds. The third-order valence-electron chi connectivity index (χ3n) is 5.35. The highest BCUT2D eigenvalue weighted by molar-refractivity contribution is 6.35. The number of benzene rings is 3. The molecule has 0 unspecified atom stereocenters. The number of hydrogen-bond donors (Lipinski definition) is 0. The zero-order valence-electron chi connectivity index (χ0n) is 20.6. The number of halogens is 3. The zero-order chi connectivity index (χ0) is 28.0. The maximum Gasteiger partial charge on any atom is 0.345 e. The van der Waals surface area contributed by atoms with Gasteiger partial charge >= 0.3 is 5.97 Å². The van der Waals surface area contributed by atoms with Gasteiger partial charge in [-0.3, -0.25) is 19.7 Å². The van der Waals surface area contributed by atoms with Gasteiger partial charge in [0.1, 0.15) is 17.1 Å². The van der Waals surface area contributed by atoms with Crippen LogP contribution in [0.3, 0.4) is 0 Å². The molecule has 9 nitrogen and oxygen atoms in total. The summed E-state index contributed by atoms with van der Waals surface area (Å²) in [6.45, 7) is 4.59. The lowest BCUT2D eigenvalue weighted by molar-refractivity contribution is -0.385. The van der Waals surface area contributed by atoms with E-state index in [-0.39, 0.29) is 27.9 Å². The summed E-state index contributed by atoms with van der Waals surface area (Å²) in [5, 5.41) is 13.7. The molecule has 0 aliphatic carbocycles. The smallest absolute Gasteiger partial charge is 0.345 e. The van der Waals surface area contributed by atoms with E-state index in [1.54, 1.807) is 12.1 Å². The lowest BCUT2D eigenvalue weighted by Crippen LogP contribution is -2.30. The molecule has 3 aromatic carbocycles. The number of rotatable bonds is 6. The number of nitrogens with zero attached hydrogens (tertiary/aromatic N) is 2. The largest absolute Gasteiger partial charge is 0.465 e. The standard InChI is InChI=1S/C14H9Cl2NO5.C12H14ClNO2/c1-21-14(18)10-7-9(3-4-12(10)17(19)20)22-13-5-2-8(15)6-11(13)16;1-12(2)8-16-14(11(12)15)7-9-5-3-4-6-10(9)13/h2-7H,1H3;3-6H,7-8H2,1-2H3. The molecule has 1 saturated heterocycles. The first-order valence-corrected chi connectivity index (χ1v) is 12.2. The number of methoxy groups -OCH3 is 1. The average molecular weight is 582 g/mol. The van der Waals surface area contributed by atoms with E-state index in [9.17, 15) is 19.7 Å². The Bertz CT molecular complexity index is 1360. The van der Waals surface area contributed by atoms with E-state index in [1.165, 1.54) is 23.3 Å². The maximum atomic E-state index is 11.9. The number of hydroxylamine groups is 2. The second-order valence-corrected chi connectivity index (χ2v) is 9.95. The monoisotopic (exact) mass is 580 g/mol. The molecule has 200 valence electrons. The molecule has 0 N–H and O–H groups in total. The van der Waals surface area contributed by atoms with Crippen LogP contribution in [0, 0.1) is 15.5 Å². The van der Waals surface area contributed by atoms with Crippen molar-refractivity contribution in [3.05, 3.63) is 97.0 Å². The van der Waals surface area contributed by atoms with Crippen LogP contribution in [0.25, 0.3) is 0 Å². The molecule has 1 aliphatic rings. The minimum Gasteiger partial charge on any atom is -0.465 e. The lowest BCUT2D eigenvalue weighted by atomic mass is 9.95. The Kier molecular flexibility index (Phi) is 9.56. The SMILES string of the molecule is CC1(C)CON(Cc2ccccc2Cl)C1=O.COC(=O)c1cc(Oc2ccc(Cl)cc2Cl)ccc1[N+](=O)[O-]. The summed E-state index contributed by atoms with van der Waals surface area (Å²) < 4.78 is 10.0. The number of hydrogen-bond acceptors (Lipinski definition) is 7. The summed E-state index contributed by atoms with van der Waals surface area (Å²) in [5.41, 5.74) is -0.118. The minimum absolute atomic E-state index is 0.00687. The van der Waals surface area contributed by atoms with Crippen molar-refractivity contribution in [1.29, 1.82) is 0 Å². The lowest BCUT2D eigenvalue weighted by Gasteiger charge is -2.16. The Balaban J connectivity index is 0.000000221. The van der Waals surface area contributed by atoms with E-state index in [0.717, 1.165) is 18.7 Å². The predicted octanol–water partition coefficient (Wildman–Crippen LogP) is 7.12. The van der Waals surface area contributed by atoms with Gasteiger partial charge in [0.25, 0.3) is 11.6 Å². The second kappa shape index (κ2) is 12.4. The highest BCUT2D eigenvalue weighted by Gasteiger charge is 2.40. The van der Waals surface area contributed by atoms with E-state index >= 15 is 0 Å². The van der Waals surface area contributed by atoms with Crippen LogP contribution in [-0.4, -0.2) is 35.6 Å². The van der Waals surface area contributed by atoms with E-state index in [1.807, 2.05) is 38.1 Å². The summed E-state index contributed by atoms with van der Waals surface area (Å²) in [6.07, 6.45) is 0. The molecule has 0 aromatic heterocycles. The van der Waals surface area contributed by atoms with Gasteiger partial charge in [-0.25, -0.2) is 9.86 Å². The van der Waals surface area contributed by atoms with Crippen LogP contribution >= 0.6 is 34.8 Å². The van der Waals surface area contributed by atoms with Crippen molar-refractivity contribution < 1.29 is 28.8 Å². The third-order valence-corrected chi connectivity index (χ3v) is 6.25. The normalized spacial score (nSPS) is 13.9. The van der Waals surface area contributed by atoms with Crippen molar-refractivity contribution in [1.82, 2.24) is 5.06 Å². The van der Waals surface area contributed by atoms with Gasteiger partial charge in [-0.1, -0.05) is 53.0 Å². The Morgan fingerprint density at radius 2 is 1.79 bits per heavy atom. The molecule has 1 aliphatic heterocycles. The number of nitro benzene ring substituents is 1. The molecule has 0 bridgehead atoms. The van der Waals surface area contributed by atoms with Gasteiger partial charge in [0, 0.05) is 22.2 Å². The molecule has 38 heavy (non-hydrogen) atoms. The molecular formula is C26H23Cl3N2O7. The van der Waals surface area contributed by atoms with E-state index < -0.39 is 16.3 Å². The Labute approximate surface area is 233 Å². The van der Waals surface area contributed by atoms with E-state index in [2.05, 4.69) is 4.74 Å². The number of amides is 1. The third kappa shape index (κ3) is 7.14. The first kappa shape index (κ1) is 29.2. The highest BCUT2D eigenvalue weighted by Crippen LogP contribution is 2.34. The number of carbonyl (C=O) groups excluding carboxylic acids is 2. The summed E-state index contributed by atoms with van der Waals surface area (Å²) in [7, 11) is 1.13. The van der Waals surface area contributed by atoms with E-state index in [0.29, 0.717) is 28.9 Å². The fourth-order valence-electron chi connectivity index (χ4n) is 3.29. The second-order valence-electron chi connectivity index (χ2n) is 8.69. The van der Waals surface area contributed by atoms with Crippen molar-refractivity contribution >= 4 is 52.4 Å². The topological polar surface area (TPSA) is 108 Å². The number of ether oxygens (including phenoxy) is 2. The summed E-state index contributed by atoms with van der Waals surface area (Å²) in [6, 6.07) is 15.8. The van der Waals surface area contributed by atoms with Gasteiger partial charge in [0.15, 0.2) is 0 Å². The van der Waals surface area contributed by atoms with Gasteiger partial charge in [-0.2, -0.15) is 0 Å². The van der Waals surface area contributed by atoms with Crippen molar-refractivity contribution in [2.75, 3.05) is 13.7 Å². The van der Waals surface area contributed by atoms with Crippen molar-refractivity contribution in [2.45, 2.75) is 20.4 Å². The molecular weight excluding hydrogens is 559 g/mol. The van der Waals surface area contributed by atoms with Crippen molar-refractivity contribution in [2.24, 2.45) is 5.41 Å². The Hall–Kier alpha value is -3.37. The van der Waals surface area contributed by atoms with Gasteiger partial charge in [0.2, 0.25) is 0 Å². The summed E-state index contributed by atoms with van der Waals surface area (Å²) in [4.78, 5) is 39.1. The van der Waals surface area contributed by atoms with Crippen molar-refractivity contribution in [3.63, 3.8) is 0 Å². The van der Waals surface area contributed by atoms with Gasteiger partial charge < -0.3 is 9.47 Å². The molecule has 0 radical (unpaired) electrons. The Morgan fingerprint density at radius 1 is 1.08 bits per heavy atom. The van der Waals surface area contributed by atoms with Crippen LogP contribution in [0.2, 0.25) is 15.1 Å². The predicted molar refractivity (Wildman–Crippen MR) is 143 cm³/mol. The number of nitro groups is 1. The first-order valence-electron chi connectivity index (χ1n) is 11.1. The maximum absolute atomic E-state index is 11.9. The quantitative estimate of drug-likeness (QED) is 0.173. The van der Waals surface area contributed by atoms with Gasteiger partial charge in [0.05, 0.1) is 35.6 Å². The molecule has 1 fully saturated rings. The molecule has 4 rings (SSSR count). The van der Waals surface area contributed by atoms with Crippen LogP contribution in [0.15, 0.2) is 60.7 Å².